The Morgan fingerprint density at radius 2 is 1.89 bits per heavy atom. The van der Waals surface area contributed by atoms with E-state index in [4.69, 9.17) is 0 Å². The Kier molecular flexibility index (Phi) is 2.63. The first-order valence-electron chi connectivity index (χ1n) is 6.30. The second-order valence-electron chi connectivity index (χ2n) is 4.66. The van der Waals surface area contributed by atoms with Crippen LogP contribution in [0.25, 0.3) is 16.5 Å². The smallest absolute Gasteiger partial charge is 0.0995 e. The molecule has 0 amide bonds. The Morgan fingerprint density at radius 3 is 2.67 bits per heavy atom. The van der Waals surface area contributed by atoms with Gasteiger partial charge in [-0.3, -0.25) is 0 Å². The monoisotopic (exact) mass is 236 g/mol. The third-order valence-electron chi connectivity index (χ3n) is 3.28. The van der Waals surface area contributed by atoms with Gasteiger partial charge in [0.15, 0.2) is 0 Å². The fourth-order valence-corrected chi connectivity index (χ4v) is 2.20. The average molecular weight is 236 g/mol. The van der Waals surface area contributed by atoms with Gasteiger partial charge in [0, 0.05) is 11.9 Å². The third kappa shape index (κ3) is 1.90. The summed E-state index contributed by atoms with van der Waals surface area (Å²) in [5.74, 6) is 0. The molecule has 90 valence electrons. The minimum Gasteiger partial charge on any atom is -0.306 e. The van der Waals surface area contributed by atoms with Gasteiger partial charge in [-0.05, 0) is 36.2 Å². The van der Waals surface area contributed by atoms with Gasteiger partial charge in [-0.15, -0.1) is 0 Å². The fourth-order valence-electron chi connectivity index (χ4n) is 2.20. The summed E-state index contributed by atoms with van der Waals surface area (Å²) in [5.41, 5.74) is 3.58. The zero-order valence-corrected chi connectivity index (χ0v) is 10.7. The lowest BCUT2D eigenvalue weighted by Gasteiger charge is -2.05. The lowest BCUT2D eigenvalue weighted by molar-refractivity contribution is 1.06. The maximum atomic E-state index is 4.37. The molecule has 2 heteroatoms. The van der Waals surface area contributed by atoms with Crippen molar-refractivity contribution in [3.8, 4) is 5.69 Å². The first-order chi connectivity index (χ1) is 8.76. The topological polar surface area (TPSA) is 17.8 Å². The minimum atomic E-state index is 0.972. The molecule has 0 unspecified atom stereocenters. The summed E-state index contributed by atoms with van der Waals surface area (Å²) in [5, 5.41) is 2.56. The number of hydrogen-bond donors (Lipinski definition) is 0. The molecule has 18 heavy (non-hydrogen) atoms. The van der Waals surface area contributed by atoms with Gasteiger partial charge < -0.3 is 4.57 Å². The molecule has 0 radical (unpaired) electrons. The van der Waals surface area contributed by atoms with E-state index in [0.717, 1.165) is 12.1 Å². The van der Waals surface area contributed by atoms with Gasteiger partial charge in [0.1, 0.15) is 0 Å². The molecule has 0 fully saturated rings. The van der Waals surface area contributed by atoms with Crippen LogP contribution in [0, 0.1) is 6.92 Å². The lowest BCUT2D eigenvalue weighted by atomic mass is 10.1. The number of nitrogens with zero attached hydrogens (tertiary/aromatic N) is 2. The van der Waals surface area contributed by atoms with E-state index in [2.05, 4.69) is 66.0 Å². The molecule has 0 saturated heterocycles. The highest BCUT2D eigenvalue weighted by Crippen LogP contribution is 2.20. The molecule has 3 aromatic rings. The van der Waals surface area contributed by atoms with Gasteiger partial charge in [-0.25, -0.2) is 4.98 Å². The van der Waals surface area contributed by atoms with E-state index >= 15 is 0 Å². The number of rotatable bonds is 2. The fraction of sp³-hybridized carbons (Fsp3) is 0.188. The Hall–Kier alpha value is -2.09. The third-order valence-corrected chi connectivity index (χ3v) is 3.28. The number of benzene rings is 2. The van der Waals surface area contributed by atoms with E-state index in [0.29, 0.717) is 0 Å². The molecule has 0 aliphatic carbocycles. The predicted octanol–water partition coefficient (Wildman–Crippen LogP) is 3.90. The summed E-state index contributed by atoms with van der Waals surface area (Å²) >= 11 is 0. The molecule has 0 N–H and O–H groups in total. The molecule has 0 spiro atoms. The molecule has 2 aromatic carbocycles. The van der Waals surface area contributed by atoms with Crippen LogP contribution < -0.4 is 0 Å². The van der Waals surface area contributed by atoms with Crippen molar-refractivity contribution in [2.45, 2.75) is 20.3 Å². The van der Waals surface area contributed by atoms with E-state index in [1.807, 2.05) is 6.33 Å². The molecule has 0 aliphatic rings. The Morgan fingerprint density at radius 1 is 1.06 bits per heavy atom. The van der Waals surface area contributed by atoms with E-state index in [1.54, 1.807) is 0 Å². The highest BCUT2D eigenvalue weighted by Gasteiger charge is 2.01. The summed E-state index contributed by atoms with van der Waals surface area (Å²) in [6, 6.07) is 13.0. The van der Waals surface area contributed by atoms with Crippen LogP contribution in [-0.2, 0) is 6.42 Å². The van der Waals surface area contributed by atoms with Crippen molar-refractivity contribution in [1.29, 1.82) is 0 Å². The molecular weight excluding hydrogens is 220 g/mol. The van der Waals surface area contributed by atoms with Crippen molar-refractivity contribution in [2.24, 2.45) is 0 Å². The van der Waals surface area contributed by atoms with Crippen LogP contribution in [0.2, 0.25) is 0 Å². The van der Waals surface area contributed by atoms with Crippen molar-refractivity contribution in [1.82, 2.24) is 9.55 Å². The second-order valence-corrected chi connectivity index (χ2v) is 4.66. The Balaban J connectivity index is 2.12. The van der Waals surface area contributed by atoms with Crippen LogP contribution >= 0.6 is 0 Å². The number of aryl methyl sites for hydroxylation is 2. The average Bonchev–Trinajstić information content (AvgIpc) is 2.86. The summed E-state index contributed by atoms with van der Waals surface area (Å²) < 4.78 is 2.08. The van der Waals surface area contributed by atoms with Gasteiger partial charge in [0.25, 0.3) is 0 Å². The number of fused-ring (bicyclic) bond motifs is 1. The molecule has 0 bridgehead atoms. The second kappa shape index (κ2) is 4.30. The highest BCUT2D eigenvalue weighted by molar-refractivity contribution is 5.85. The van der Waals surface area contributed by atoms with Crippen LogP contribution in [-0.4, -0.2) is 9.55 Å². The van der Waals surface area contributed by atoms with Gasteiger partial charge in [0.05, 0.1) is 12.0 Å². The van der Waals surface area contributed by atoms with Gasteiger partial charge >= 0.3 is 0 Å². The molecule has 0 atom stereocenters. The predicted molar refractivity (Wildman–Crippen MR) is 75.2 cm³/mol. The first kappa shape index (κ1) is 11.0. The van der Waals surface area contributed by atoms with Crippen LogP contribution in [0.4, 0.5) is 0 Å². The molecule has 0 saturated carbocycles. The van der Waals surface area contributed by atoms with E-state index in [9.17, 15) is 0 Å². The normalized spacial score (nSPS) is 11.0. The summed E-state index contributed by atoms with van der Waals surface area (Å²) in [4.78, 5) is 4.37. The molecular formula is C16H16N2. The van der Waals surface area contributed by atoms with E-state index < -0.39 is 0 Å². The molecule has 1 heterocycles. The molecule has 0 aliphatic heterocycles. The van der Waals surface area contributed by atoms with Crippen molar-refractivity contribution in [2.75, 3.05) is 0 Å². The first-order valence-corrected chi connectivity index (χ1v) is 6.30. The van der Waals surface area contributed by atoms with Crippen molar-refractivity contribution in [3.63, 3.8) is 0 Å². The Bertz CT molecular complexity index is 695. The maximum absolute atomic E-state index is 4.37. The zero-order valence-electron chi connectivity index (χ0n) is 10.7. The van der Waals surface area contributed by atoms with Crippen LogP contribution in [0.3, 0.4) is 0 Å². The maximum Gasteiger partial charge on any atom is 0.0995 e. The molecule has 1 aromatic heterocycles. The van der Waals surface area contributed by atoms with Crippen molar-refractivity contribution < 1.29 is 0 Å². The van der Waals surface area contributed by atoms with Crippen LogP contribution in [0.15, 0.2) is 48.9 Å². The quantitative estimate of drug-likeness (QED) is 0.660. The van der Waals surface area contributed by atoms with Crippen molar-refractivity contribution >= 4 is 10.8 Å². The van der Waals surface area contributed by atoms with E-state index in [-0.39, 0.29) is 0 Å². The summed E-state index contributed by atoms with van der Waals surface area (Å²) in [7, 11) is 0. The lowest BCUT2D eigenvalue weighted by Crippen LogP contribution is -1.89. The zero-order chi connectivity index (χ0) is 12.5. The SMILES string of the molecule is CCc1cn(-c2ccc3ccc(C)cc3c2)cn1. The van der Waals surface area contributed by atoms with E-state index in [1.165, 1.54) is 22.0 Å². The Labute approximate surface area is 107 Å². The van der Waals surface area contributed by atoms with Crippen LogP contribution in [0.5, 0.6) is 0 Å². The highest BCUT2D eigenvalue weighted by atomic mass is 15.0. The summed E-state index contributed by atoms with van der Waals surface area (Å²) in [6.45, 7) is 4.24. The summed E-state index contributed by atoms with van der Waals surface area (Å²) in [6.07, 6.45) is 4.95. The number of hydrogen-bond acceptors (Lipinski definition) is 1. The largest absolute Gasteiger partial charge is 0.306 e. The van der Waals surface area contributed by atoms with Crippen LogP contribution in [0.1, 0.15) is 18.2 Å². The molecule has 2 nitrogen and oxygen atoms in total. The number of aromatic nitrogens is 2. The van der Waals surface area contributed by atoms with Gasteiger partial charge in [0.2, 0.25) is 0 Å². The van der Waals surface area contributed by atoms with Gasteiger partial charge in [-0.1, -0.05) is 36.8 Å². The number of imidazole rings is 1. The van der Waals surface area contributed by atoms with Crippen molar-refractivity contribution in [3.05, 3.63) is 60.2 Å². The minimum absolute atomic E-state index is 0.972. The van der Waals surface area contributed by atoms with Gasteiger partial charge in [-0.2, -0.15) is 0 Å². The molecule has 3 rings (SSSR count). The standard InChI is InChI=1S/C16H16N2/c1-3-15-10-18(11-17-15)16-7-6-13-5-4-12(2)8-14(13)9-16/h4-11H,3H2,1-2H3.